The highest BCUT2D eigenvalue weighted by Gasteiger charge is 2.14. The van der Waals surface area contributed by atoms with Crippen LogP contribution in [-0.2, 0) is 0 Å². The van der Waals surface area contributed by atoms with E-state index in [9.17, 15) is 8.78 Å². The van der Waals surface area contributed by atoms with Gasteiger partial charge in [-0.2, -0.15) is 0 Å². The number of para-hydroxylation sites is 1. The third-order valence-corrected chi connectivity index (χ3v) is 6.70. The van der Waals surface area contributed by atoms with Gasteiger partial charge >= 0.3 is 0 Å². The fourth-order valence-electron chi connectivity index (χ4n) is 4.16. The molecule has 0 saturated carbocycles. The van der Waals surface area contributed by atoms with Crippen molar-refractivity contribution in [2.45, 2.75) is 75.2 Å². The summed E-state index contributed by atoms with van der Waals surface area (Å²) in [4.78, 5) is 6.92. The third-order valence-electron chi connectivity index (χ3n) is 6.70. The first kappa shape index (κ1) is 54.2. The van der Waals surface area contributed by atoms with E-state index in [0.717, 1.165) is 69.1 Å². The van der Waals surface area contributed by atoms with Gasteiger partial charge in [-0.15, -0.1) is 0 Å². The van der Waals surface area contributed by atoms with Crippen molar-refractivity contribution < 1.29 is 23.0 Å². The minimum absolute atomic E-state index is 0.537. The molecule has 306 valence electrons. The lowest BCUT2D eigenvalue weighted by Crippen LogP contribution is -2.44. The summed E-state index contributed by atoms with van der Waals surface area (Å²) in [6, 6.07) is 30.7. The summed E-state index contributed by atoms with van der Waals surface area (Å²) >= 11 is 0. The molecule has 0 bridgehead atoms. The molecule has 0 unspecified atom stereocenters. The van der Waals surface area contributed by atoms with Gasteiger partial charge in [-0.25, -0.2) is 8.78 Å². The fourth-order valence-corrected chi connectivity index (χ4v) is 4.16. The first-order valence-corrected chi connectivity index (χ1v) is 19.5. The Morgan fingerprint density at radius 2 is 1.07 bits per heavy atom. The van der Waals surface area contributed by atoms with Crippen molar-refractivity contribution in [3.63, 3.8) is 0 Å². The summed E-state index contributed by atoms with van der Waals surface area (Å²) in [6.45, 7) is 24.6. The molecule has 0 aromatic heterocycles. The smallest absolute Gasteiger partial charge is 0.126 e. The molecule has 1 saturated heterocycles. The second-order valence-electron chi connectivity index (χ2n) is 11.5. The number of methoxy groups -OCH3 is 2. The van der Waals surface area contributed by atoms with E-state index < -0.39 is 11.6 Å². The van der Waals surface area contributed by atoms with Gasteiger partial charge in [0.2, 0.25) is 0 Å². The minimum atomic E-state index is -0.537. The monoisotopic (exact) mass is 756 g/mol. The van der Waals surface area contributed by atoms with Gasteiger partial charge in [0.25, 0.3) is 0 Å². The Morgan fingerprint density at radius 1 is 0.611 bits per heavy atom. The molecule has 1 heterocycles. The van der Waals surface area contributed by atoms with E-state index in [1.54, 1.807) is 14.2 Å². The molecule has 0 atom stereocenters. The van der Waals surface area contributed by atoms with Crippen molar-refractivity contribution in [3.05, 3.63) is 120 Å². The largest absolute Gasteiger partial charge is 0.497 e. The van der Waals surface area contributed by atoms with Crippen LogP contribution in [0, 0.1) is 18.6 Å². The van der Waals surface area contributed by atoms with Crippen molar-refractivity contribution >= 4 is 5.69 Å². The van der Waals surface area contributed by atoms with Gasteiger partial charge in [0.15, 0.2) is 0 Å². The predicted molar refractivity (Wildman–Crippen MR) is 232 cm³/mol. The molecule has 1 fully saturated rings. The first-order valence-electron chi connectivity index (χ1n) is 19.5. The lowest BCUT2D eigenvalue weighted by Gasteiger charge is -2.34. The maximum atomic E-state index is 11.9. The number of nitrogens with zero attached hydrogens (tertiary/aromatic N) is 3. The van der Waals surface area contributed by atoms with Crippen molar-refractivity contribution in [2.24, 2.45) is 0 Å². The SMILES string of the molecule is CC.CC.CC.CCC.CN(C)CCCOc1ccccc1.COc1cccc(C)c1.COc1cccc(N2CCN(C)CC2)c1.Fc1cccc(F)c1. The predicted octanol–water partition coefficient (Wildman–Crippen LogP) is 11.9. The van der Waals surface area contributed by atoms with Gasteiger partial charge in [0.1, 0.15) is 28.9 Å². The summed E-state index contributed by atoms with van der Waals surface area (Å²) in [5.74, 6) is 1.75. The molecule has 4 aromatic carbocycles. The molecule has 1 aliphatic rings. The normalized spacial score (nSPS) is 11.0. The molecule has 0 aliphatic carbocycles. The molecular formula is C46H75F2N3O3. The Kier molecular flexibility index (Phi) is 38.7. The van der Waals surface area contributed by atoms with Gasteiger partial charge in [0, 0.05) is 50.5 Å². The van der Waals surface area contributed by atoms with Crippen LogP contribution in [0.5, 0.6) is 17.2 Å². The quantitative estimate of drug-likeness (QED) is 0.167. The number of likely N-dealkylation sites (N-methyl/N-ethyl adjacent to an activating group) is 1. The number of benzene rings is 4. The van der Waals surface area contributed by atoms with Crippen LogP contribution in [-0.4, -0.2) is 84.5 Å². The van der Waals surface area contributed by atoms with Crippen LogP contribution < -0.4 is 19.1 Å². The number of halogens is 2. The fraction of sp³-hybridized carbons (Fsp3) is 0.478. The number of hydrogen-bond acceptors (Lipinski definition) is 6. The van der Waals surface area contributed by atoms with Gasteiger partial charge in [-0.1, -0.05) is 104 Å². The molecule has 0 spiro atoms. The van der Waals surface area contributed by atoms with E-state index in [2.05, 4.69) is 61.8 Å². The maximum absolute atomic E-state index is 11.9. The van der Waals surface area contributed by atoms with Crippen LogP contribution in [0.15, 0.2) is 103 Å². The van der Waals surface area contributed by atoms with Gasteiger partial charge in [-0.05, 0) is 88.6 Å². The van der Waals surface area contributed by atoms with Crippen molar-refractivity contribution in [3.8, 4) is 17.2 Å². The zero-order chi connectivity index (χ0) is 41.6. The van der Waals surface area contributed by atoms with E-state index in [1.807, 2.05) is 115 Å². The lowest BCUT2D eigenvalue weighted by molar-refractivity contribution is 0.281. The van der Waals surface area contributed by atoms with Crippen LogP contribution in [0.1, 0.15) is 73.8 Å². The van der Waals surface area contributed by atoms with Gasteiger partial charge in [0.05, 0.1) is 20.8 Å². The number of ether oxygens (including phenoxy) is 3. The van der Waals surface area contributed by atoms with Crippen LogP contribution in [0.25, 0.3) is 0 Å². The molecular weight excluding hydrogens is 681 g/mol. The Labute approximate surface area is 330 Å². The highest BCUT2D eigenvalue weighted by atomic mass is 19.1. The van der Waals surface area contributed by atoms with E-state index in [-0.39, 0.29) is 0 Å². The molecule has 6 nitrogen and oxygen atoms in total. The Hall–Kier alpha value is -4.14. The molecule has 54 heavy (non-hydrogen) atoms. The zero-order valence-corrected chi connectivity index (χ0v) is 36.3. The second-order valence-corrected chi connectivity index (χ2v) is 11.5. The van der Waals surface area contributed by atoms with E-state index in [0.29, 0.717) is 0 Å². The van der Waals surface area contributed by atoms with Crippen LogP contribution in [0.3, 0.4) is 0 Å². The summed E-state index contributed by atoms with van der Waals surface area (Å²) in [5.41, 5.74) is 2.50. The Bertz CT molecular complexity index is 1330. The topological polar surface area (TPSA) is 37.4 Å². The number of rotatable bonds is 8. The Balaban J connectivity index is -0.000000611. The summed E-state index contributed by atoms with van der Waals surface area (Å²) < 4.78 is 39.6. The van der Waals surface area contributed by atoms with Gasteiger partial charge in [-0.3, -0.25) is 0 Å². The van der Waals surface area contributed by atoms with Crippen LogP contribution in [0.4, 0.5) is 14.5 Å². The molecule has 0 N–H and O–H groups in total. The summed E-state index contributed by atoms with van der Waals surface area (Å²) in [6.07, 6.45) is 2.32. The average molecular weight is 756 g/mol. The molecule has 0 amide bonds. The number of aryl methyl sites for hydroxylation is 1. The Morgan fingerprint density at radius 3 is 1.50 bits per heavy atom. The van der Waals surface area contributed by atoms with Gasteiger partial charge < -0.3 is 28.9 Å². The highest BCUT2D eigenvalue weighted by molar-refractivity contribution is 5.51. The summed E-state index contributed by atoms with van der Waals surface area (Å²) in [5, 5.41) is 0. The standard InChI is InChI=1S/C12H18N2O.C11H17NO.C8H10O.C6H4F2.C3H8.3C2H6/c1-13-6-8-14(9-7-13)11-4-3-5-12(10-11)15-2;1-12(2)9-6-10-13-11-7-4-3-5-8-11;1-7-4-3-5-8(6-7)9-2;7-5-2-1-3-6(8)4-5;1-3-2;3*1-2/h3-5,10H,6-9H2,1-2H3;3-5,7-8H,6,9-10H2,1-2H3;3-6H,1-2H3;1-4H;3H2,1-2H3;3*1-2H3. The molecule has 4 aromatic rings. The number of anilines is 1. The number of piperazine rings is 1. The minimum Gasteiger partial charge on any atom is -0.497 e. The van der Waals surface area contributed by atoms with Crippen molar-refractivity contribution in [1.29, 1.82) is 0 Å². The van der Waals surface area contributed by atoms with Crippen LogP contribution in [0.2, 0.25) is 0 Å². The maximum Gasteiger partial charge on any atom is 0.126 e. The molecule has 0 radical (unpaired) electrons. The molecule has 1 aliphatic heterocycles. The molecule has 8 heteroatoms. The highest BCUT2D eigenvalue weighted by Crippen LogP contribution is 2.21. The first-order chi connectivity index (χ1) is 26.1. The van der Waals surface area contributed by atoms with Crippen molar-refractivity contribution in [2.75, 3.05) is 79.6 Å². The average Bonchev–Trinajstić information content (AvgIpc) is 3.20. The van der Waals surface area contributed by atoms with Crippen molar-refractivity contribution in [1.82, 2.24) is 9.80 Å². The van der Waals surface area contributed by atoms with E-state index in [1.165, 1.54) is 35.9 Å². The van der Waals surface area contributed by atoms with E-state index >= 15 is 0 Å². The third kappa shape index (κ3) is 30.3. The van der Waals surface area contributed by atoms with Crippen LogP contribution >= 0.6 is 0 Å². The lowest BCUT2D eigenvalue weighted by atomic mass is 10.2. The van der Waals surface area contributed by atoms with E-state index in [4.69, 9.17) is 14.2 Å². The molecule has 5 rings (SSSR count). The zero-order valence-electron chi connectivity index (χ0n) is 36.3. The summed E-state index contributed by atoms with van der Waals surface area (Å²) in [7, 11) is 9.70. The number of hydrogen-bond donors (Lipinski definition) is 0. The second kappa shape index (κ2) is 38.6.